The Morgan fingerprint density at radius 3 is 2.76 bits per heavy atom. The van der Waals surface area contributed by atoms with Crippen LogP contribution in [0.25, 0.3) is 11.4 Å². The van der Waals surface area contributed by atoms with Crippen molar-refractivity contribution in [1.29, 1.82) is 0 Å². The SMILES string of the molecule is CCNC1CCCCC1c1nc(-c2ccc(Cl)cc2)no1. The van der Waals surface area contributed by atoms with Crippen molar-refractivity contribution in [2.45, 2.75) is 44.6 Å². The predicted molar refractivity (Wildman–Crippen MR) is 83.4 cm³/mol. The molecule has 0 bridgehead atoms. The molecule has 2 unspecified atom stereocenters. The second-order valence-electron chi connectivity index (χ2n) is 5.52. The van der Waals surface area contributed by atoms with Gasteiger partial charge < -0.3 is 9.84 Å². The molecule has 0 spiro atoms. The van der Waals surface area contributed by atoms with E-state index in [4.69, 9.17) is 16.1 Å². The lowest BCUT2D eigenvalue weighted by molar-refractivity contribution is 0.265. The van der Waals surface area contributed by atoms with Gasteiger partial charge in [0, 0.05) is 16.6 Å². The molecular formula is C16H20ClN3O. The average molecular weight is 306 g/mol. The first-order chi connectivity index (χ1) is 10.3. The lowest BCUT2D eigenvalue weighted by Gasteiger charge is -2.29. The summed E-state index contributed by atoms with van der Waals surface area (Å²) in [5.74, 6) is 1.72. The van der Waals surface area contributed by atoms with Crippen LogP contribution in [0.5, 0.6) is 0 Å². The molecule has 1 fully saturated rings. The zero-order valence-electron chi connectivity index (χ0n) is 12.2. The summed E-state index contributed by atoms with van der Waals surface area (Å²) in [6.45, 7) is 3.11. The van der Waals surface area contributed by atoms with E-state index in [1.54, 1.807) is 0 Å². The Labute approximate surface area is 129 Å². The van der Waals surface area contributed by atoms with Crippen LogP contribution in [-0.4, -0.2) is 22.7 Å². The highest BCUT2D eigenvalue weighted by molar-refractivity contribution is 6.30. The molecule has 0 amide bonds. The van der Waals surface area contributed by atoms with Gasteiger partial charge in [-0.05, 0) is 43.7 Å². The van der Waals surface area contributed by atoms with Crippen molar-refractivity contribution < 1.29 is 4.52 Å². The van der Waals surface area contributed by atoms with Gasteiger partial charge in [0.15, 0.2) is 0 Å². The molecule has 1 aliphatic rings. The Bertz CT molecular complexity index is 579. The van der Waals surface area contributed by atoms with Crippen molar-refractivity contribution in [3.05, 3.63) is 35.2 Å². The molecule has 2 aromatic rings. The average Bonchev–Trinajstić information content (AvgIpc) is 2.99. The quantitative estimate of drug-likeness (QED) is 0.926. The summed E-state index contributed by atoms with van der Waals surface area (Å²) in [5.41, 5.74) is 0.935. The molecule has 1 aliphatic carbocycles. The van der Waals surface area contributed by atoms with Crippen LogP contribution in [0.15, 0.2) is 28.8 Å². The van der Waals surface area contributed by atoms with Crippen molar-refractivity contribution in [2.75, 3.05) is 6.54 Å². The number of hydrogen-bond acceptors (Lipinski definition) is 4. The van der Waals surface area contributed by atoms with Gasteiger partial charge in [-0.15, -0.1) is 0 Å². The number of nitrogens with one attached hydrogen (secondary N) is 1. The molecule has 1 N–H and O–H groups in total. The van der Waals surface area contributed by atoms with Gasteiger partial charge in [0.05, 0.1) is 5.92 Å². The normalized spacial score (nSPS) is 22.4. The molecule has 1 heterocycles. The highest BCUT2D eigenvalue weighted by atomic mass is 35.5. The molecule has 0 aliphatic heterocycles. The summed E-state index contributed by atoms with van der Waals surface area (Å²) in [5, 5.41) is 8.38. The standard InChI is InChI=1S/C16H20ClN3O/c1-2-18-14-6-4-3-5-13(14)16-19-15(20-21-16)11-7-9-12(17)10-8-11/h7-10,13-14,18H,2-6H2,1H3. The summed E-state index contributed by atoms with van der Waals surface area (Å²) < 4.78 is 5.53. The van der Waals surface area contributed by atoms with Gasteiger partial charge in [0.25, 0.3) is 0 Å². The maximum absolute atomic E-state index is 5.91. The Kier molecular flexibility index (Phi) is 4.56. The first-order valence-electron chi connectivity index (χ1n) is 7.61. The third-order valence-electron chi connectivity index (χ3n) is 4.09. The van der Waals surface area contributed by atoms with E-state index in [0.717, 1.165) is 24.4 Å². The van der Waals surface area contributed by atoms with Gasteiger partial charge in [0.1, 0.15) is 0 Å². The van der Waals surface area contributed by atoms with Crippen LogP contribution >= 0.6 is 11.6 Å². The first kappa shape index (κ1) is 14.5. The fourth-order valence-electron chi connectivity index (χ4n) is 3.03. The Hall–Kier alpha value is -1.39. The molecule has 1 aromatic carbocycles. The zero-order valence-corrected chi connectivity index (χ0v) is 12.9. The minimum atomic E-state index is 0.326. The maximum Gasteiger partial charge on any atom is 0.231 e. The van der Waals surface area contributed by atoms with Crippen LogP contribution in [-0.2, 0) is 0 Å². The topological polar surface area (TPSA) is 51.0 Å². The Morgan fingerprint density at radius 1 is 1.24 bits per heavy atom. The van der Waals surface area contributed by atoms with Crippen molar-refractivity contribution in [3.8, 4) is 11.4 Å². The van der Waals surface area contributed by atoms with Gasteiger partial charge >= 0.3 is 0 Å². The first-order valence-corrected chi connectivity index (χ1v) is 7.98. The smallest absolute Gasteiger partial charge is 0.231 e. The summed E-state index contributed by atoms with van der Waals surface area (Å²) >= 11 is 5.91. The third-order valence-corrected chi connectivity index (χ3v) is 4.35. The minimum absolute atomic E-state index is 0.326. The molecule has 1 saturated carbocycles. The van der Waals surface area contributed by atoms with Crippen molar-refractivity contribution >= 4 is 11.6 Å². The largest absolute Gasteiger partial charge is 0.339 e. The van der Waals surface area contributed by atoms with E-state index in [9.17, 15) is 0 Å². The second kappa shape index (κ2) is 6.58. The van der Waals surface area contributed by atoms with Crippen LogP contribution in [0.4, 0.5) is 0 Å². The van der Waals surface area contributed by atoms with E-state index in [0.29, 0.717) is 22.8 Å². The maximum atomic E-state index is 5.91. The van der Waals surface area contributed by atoms with Gasteiger partial charge in [0.2, 0.25) is 11.7 Å². The third kappa shape index (κ3) is 3.27. The van der Waals surface area contributed by atoms with Gasteiger partial charge in [-0.25, -0.2) is 0 Å². The molecule has 1 aromatic heterocycles. The summed E-state index contributed by atoms with van der Waals surface area (Å²) in [6, 6.07) is 7.96. The van der Waals surface area contributed by atoms with Crippen molar-refractivity contribution in [1.82, 2.24) is 15.5 Å². The van der Waals surface area contributed by atoms with E-state index in [1.807, 2.05) is 24.3 Å². The minimum Gasteiger partial charge on any atom is -0.339 e. The van der Waals surface area contributed by atoms with Crippen molar-refractivity contribution in [3.63, 3.8) is 0 Å². The molecule has 5 heteroatoms. The van der Waals surface area contributed by atoms with Gasteiger partial charge in [-0.3, -0.25) is 0 Å². The summed E-state index contributed by atoms with van der Waals surface area (Å²) in [7, 11) is 0. The molecule has 0 saturated heterocycles. The van der Waals surface area contributed by atoms with Crippen LogP contribution in [0, 0.1) is 0 Å². The van der Waals surface area contributed by atoms with E-state index in [-0.39, 0.29) is 0 Å². The number of aromatic nitrogens is 2. The van der Waals surface area contributed by atoms with E-state index in [2.05, 4.69) is 22.4 Å². The molecule has 3 rings (SSSR count). The predicted octanol–water partition coefficient (Wildman–Crippen LogP) is 4.03. The Morgan fingerprint density at radius 2 is 2.00 bits per heavy atom. The fraction of sp³-hybridized carbons (Fsp3) is 0.500. The molecule has 2 atom stereocenters. The Balaban J connectivity index is 1.81. The van der Waals surface area contributed by atoms with Gasteiger partial charge in [-0.2, -0.15) is 4.98 Å². The van der Waals surface area contributed by atoms with E-state index < -0.39 is 0 Å². The molecule has 112 valence electrons. The monoisotopic (exact) mass is 305 g/mol. The van der Waals surface area contributed by atoms with Crippen LogP contribution in [0.1, 0.15) is 44.4 Å². The van der Waals surface area contributed by atoms with Gasteiger partial charge in [-0.1, -0.05) is 36.5 Å². The molecule has 4 nitrogen and oxygen atoms in total. The number of nitrogens with zero attached hydrogens (tertiary/aromatic N) is 2. The number of halogens is 1. The molecular weight excluding hydrogens is 286 g/mol. The fourth-order valence-corrected chi connectivity index (χ4v) is 3.16. The van der Waals surface area contributed by atoms with Crippen molar-refractivity contribution in [2.24, 2.45) is 0 Å². The summed E-state index contributed by atoms with van der Waals surface area (Å²) in [4.78, 5) is 4.61. The zero-order chi connectivity index (χ0) is 14.7. The van der Waals surface area contributed by atoms with Crippen LogP contribution in [0.3, 0.4) is 0 Å². The second-order valence-corrected chi connectivity index (χ2v) is 5.95. The highest BCUT2D eigenvalue weighted by Gasteiger charge is 2.30. The van der Waals surface area contributed by atoms with E-state index in [1.165, 1.54) is 19.3 Å². The number of likely N-dealkylation sites (N-methyl/N-ethyl adjacent to an activating group) is 1. The lowest BCUT2D eigenvalue weighted by Crippen LogP contribution is -2.37. The highest BCUT2D eigenvalue weighted by Crippen LogP contribution is 2.33. The van der Waals surface area contributed by atoms with E-state index >= 15 is 0 Å². The molecule has 0 radical (unpaired) electrons. The van der Waals surface area contributed by atoms with Crippen LogP contribution < -0.4 is 5.32 Å². The number of hydrogen-bond donors (Lipinski definition) is 1. The molecule has 21 heavy (non-hydrogen) atoms. The number of rotatable bonds is 4. The summed E-state index contributed by atoms with van der Waals surface area (Å²) in [6.07, 6.45) is 4.79. The van der Waals surface area contributed by atoms with Crippen LogP contribution in [0.2, 0.25) is 5.02 Å². The lowest BCUT2D eigenvalue weighted by atomic mass is 9.84. The number of benzene rings is 1.